The number of ether oxygens (including phenoxy) is 1. The highest BCUT2D eigenvalue weighted by Crippen LogP contribution is 2.40. The highest BCUT2D eigenvalue weighted by atomic mass is 16.5. The van der Waals surface area contributed by atoms with Crippen molar-refractivity contribution in [3.05, 3.63) is 35.9 Å². The van der Waals surface area contributed by atoms with Gasteiger partial charge in [-0.3, -0.25) is 4.79 Å². The van der Waals surface area contributed by atoms with Gasteiger partial charge in [-0.2, -0.15) is 0 Å². The van der Waals surface area contributed by atoms with Crippen LogP contribution in [0.3, 0.4) is 0 Å². The lowest BCUT2D eigenvalue weighted by molar-refractivity contribution is -0.137. The van der Waals surface area contributed by atoms with Gasteiger partial charge in [0.2, 0.25) is 5.91 Å². The third kappa shape index (κ3) is 7.53. The first-order valence-electron chi connectivity index (χ1n) is 13.3. The number of aliphatic hydroxyl groups is 1. The molecule has 1 heterocycles. The average molecular weight is 459 g/mol. The highest BCUT2D eigenvalue weighted by molar-refractivity contribution is 5.76. The Bertz CT molecular complexity index is 692. The normalized spacial score (nSPS) is 22.6. The summed E-state index contributed by atoms with van der Waals surface area (Å²) in [6, 6.07) is 10.1. The lowest BCUT2D eigenvalue weighted by Crippen LogP contribution is -2.48. The van der Waals surface area contributed by atoms with E-state index in [2.05, 4.69) is 0 Å². The zero-order valence-electron chi connectivity index (χ0n) is 20.7. The molecule has 186 valence electrons. The van der Waals surface area contributed by atoms with E-state index in [0.29, 0.717) is 32.5 Å². The molecule has 2 fully saturated rings. The van der Waals surface area contributed by atoms with Crippen molar-refractivity contribution in [2.45, 2.75) is 82.7 Å². The Labute approximate surface area is 201 Å². The van der Waals surface area contributed by atoms with Gasteiger partial charge < -0.3 is 20.5 Å². The number of nitrogens with zero attached hydrogens (tertiary/aromatic N) is 1. The van der Waals surface area contributed by atoms with E-state index < -0.39 is 5.60 Å². The SMILES string of the molecule is COCCCC[C@@](O)(c1ccccc1)[C@@H]1CCCN(C(=O)C[C@H](CN)CC2CCCCC2)C1. The standard InChI is InChI=1S/C28H46N2O3/c1-33-18-9-8-16-28(32,25-13-6-3-7-14-25)26-15-10-17-30(22-26)27(31)20-24(21-29)19-23-11-4-2-5-12-23/h3,6-7,13-14,23-24,26,32H,2,4-5,8-12,15-22,29H2,1H3/t24-,26-,28-/m1/s1. The van der Waals surface area contributed by atoms with Crippen molar-refractivity contribution in [2.75, 3.05) is 33.4 Å². The summed E-state index contributed by atoms with van der Waals surface area (Å²) in [4.78, 5) is 15.3. The van der Waals surface area contributed by atoms with E-state index in [9.17, 15) is 9.90 Å². The number of hydrogen-bond acceptors (Lipinski definition) is 4. The van der Waals surface area contributed by atoms with Crippen molar-refractivity contribution in [1.82, 2.24) is 4.90 Å². The summed E-state index contributed by atoms with van der Waals surface area (Å²) >= 11 is 0. The van der Waals surface area contributed by atoms with Crippen LogP contribution in [-0.4, -0.2) is 49.3 Å². The second-order valence-electron chi connectivity index (χ2n) is 10.5. The largest absolute Gasteiger partial charge is 0.385 e. The molecule has 1 aliphatic carbocycles. The number of hydrogen-bond donors (Lipinski definition) is 2. The quantitative estimate of drug-likeness (QED) is 0.438. The maximum absolute atomic E-state index is 13.3. The Balaban J connectivity index is 1.63. The molecule has 2 aliphatic rings. The molecule has 1 saturated carbocycles. The van der Waals surface area contributed by atoms with Crippen LogP contribution >= 0.6 is 0 Å². The Morgan fingerprint density at radius 3 is 2.61 bits per heavy atom. The number of amides is 1. The van der Waals surface area contributed by atoms with E-state index in [1.165, 1.54) is 32.1 Å². The fourth-order valence-electron chi connectivity index (χ4n) is 6.08. The maximum atomic E-state index is 13.3. The summed E-state index contributed by atoms with van der Waals surface area (Å²) < 4.78 is 5.21. The van der Waals surface area contributed by atoms with Crippen molar-refractivity contribution in [3.8, 4) is 0 Å². The van der Waals surface area contributed by atoms with Crippen LogP contribution in [0.1, 0.15) is 82.6 Å². The first kappa shape index (κ1) is 26.2. The van der Waals surface area contributed by atoms with Gasteiger partial charge in [0.15, 0.2) is 0 Å². The molecule has 0 unspecified atom stereocenters. The van der Waals surface area contributed by atoms with Crippen LogP contribution in [0.4, 0.5) is 0 Å². The molecular weight excluding hydrogens is 412 g/mol. The Morgan fingerprint density at radius 1 is 1.15 bits per heavy atom. The molecule has 3 rings (SSSR count). The predicted octanol–water partition coefficient (Wildman–Crippen LogP) is 4.86. The number of rotatable bonds is 12. The van der Waals surface area contributed by atoms with Gasteiger partial charge >= 0.3 is 0 Å². The molecule has 1 aromatic carbocycles. The number of carbonyl (C=O) groups excluding carboxylic acids is 1. The highest BCUT2D eigenvalue weighted by Gasteiger charge is 2.41. The van der Waals surface area contributed by atoms with Crippen LogP contribution in [0, 0.1) is 17.8 Å². The second-order valence-corrected chi connectivity index (χ2v) is 10.5. The minimum atomic E-state index is -0.913. The van der Waals surface area contributed by atoms with Gasteiger partial charge in [0, 0.05) is 39.1 Å². The molecule has 0 spiro atoms. The first-order valence-corrected chi connectivity index (χ1v) is 13.3. The van der Waals surface area contributed by atoms with E-state index in [-0.39, 0.29) is 17.7 Å². The Morgan fingerprint density at radius 2 is 1.91 bits per heavy atom. The van der Waals surface area contributed by atoms with Crippen molar-refractivity contribution >= 4 is 5.91 Å². The van der Waals surface area contributed by atoms with Crippen LogP contribution in [0.5, 0.6) is 0 Å². The number of nitrogens with two attached hydrogens (primary N) is 1. The molecule has 3 atom stereocenters. The molecule has 5 heteroatoms. The zero-order valence-corrected chi connectivity index (χ0v) is 20.7. The minimum absolute atomic E-state index is 0.0508. The van der Waals surface area contributed by atoms with Crippen molar-refractivity contribution in [3.63, 3.8) is 0 Å². The van der Waals surface area contributed by atoms with Gasteiger partial charge in [-0.15, -0.1) is 0 Å². The minimum Gasteiger partial charge on any atom is -0.385 e. The van der Waals surface area contributed by atoms with Gasteiger partial charge in [0.1, 0.15) is 0 Å². The lowest BCUT2D eigenvalue weighted by atomic mass is 9.74. The molecular formula is C28H46N2O3. The van der Waals surface area contributed by atoms with E-state index in [1.807, 2.05) is 35.2 Å². The van der Waals surface area contributed by atoms with Crippen molar-refractivity contribution < 1.29 is 14.6 Å². The topological polar surface area (TPSA) is 75.8 Å². The second kappa shape index (κ2) is 13.5. The van der Waals surface area contributed by atoms with Gasteiger partial charge in [0.05, 0.1) is 5.60 Å². The predicted molar refractivity (Wildman–Crippen MR) is 134 cm³/mol. The van der Waals surface area contributed by atoms with E-state index >= 15 is 0 Å². The fraction of sp³-hybridized carbons (Fsp3) is 0.750. The monoisotopic (exact) mass is 458 g/mol. The zero-order chi connectivity index (χ0) is 23.5. The summed E-state index contributed by atoms with van der Waals surface area (Å²) in [5, 5.41) is 12.0. The van der Waals surface area contributed by atoms with E-state index in [0.717, 1.165) is 50.1 Å². The third-order valence-electron chi connectivity index (χ3n) is 8.07. The van der Waals surface area contributed by atoms with Crippen LogP contribution in [-0.2, 0) is 15.1 Å². The molecule has 1 aliphatic heterocycles. The average Bonchev–Trinajstić information content (AvgIpc) is 2.87. The number of benzene rings is 1. The molecule has 1 amide bonds. The molecule has 1 aromatic rings. The first-order chi connectivity index (χ1) is 16.1. The molecule has 0 aromatic heterocycles. The number of piperidine rings is 1. The van der Waals surface area contributed by atoms with Crippen LogP contribution < -0.4 is 5.73 Å². The van der Waals surface area contributed by atoms with Crippen molar-refractivity contribution in [2.24, 2.45) is 23.5 Å². The number of likely N-dealkylation sites (tertiary alicyclic amines) is 1. The summed E-state index contributed by atoms with van der Waals surface area (Å²) in [5.41, 5.74) is 6.16. The summed E-state index contributed by atoms with van der Waals surface area (Å²) in [5.74, 6) is 1.29. The maximum Gasteiger partial charge on any atom is 0.222 e. The molecule has 3 N–H and O–H groups in total. The van der Waals surface area contributed by atoms with Crippen LogP contribution in [0.2, 0.25) is 0 Å². The Kier molecular flexibility index (Phi) is 10.7. The summed E-state index contributed by atoms with van der Waals surface area (Å²) in [7, 11) is 1.72. The van der Waals surface area contributed by atoms with Gasteiger partial charge in [-0.1, -0.05) is 62.4 Å². The lowest BCUT2D eigenvalue weighted by Gasteiger charge is -2.43. The van der Waals surface area contributed by atoms with Gasteiger partial charge in [-0.25, -0.2) is 0 Å². The molecule has 33 heavy (non-hydrogen) atoms. The molecule has 5 nitrogen and oxygen atoms in total. The van der Waals surface area contributed by atoms with Gasteiger partial charge in [0.25, 0.3) is 0 Å². The van der Waals surface area contributed by atoms with E-state index in [1.54, 1.807) is 7.11 Å². The summed E-state index contributed by atoms with van der Waals surface area (Å²) in [6.07, 6.45) is 12.7. The third-order valence-corrected chi connectivity index (χ3v) is 8.07. The van der Waals surface area contributed by atoms with Crippen LogP contribution in [0.15, 0.2) is 30.3 Å². The van der Waals surface area contributed by atoms with Crippen molar-refractivity contribution in [1.29, 1.82) is 0 Å². The molecule has 0 radical (unpaired) electrons. The van der Waals surface area contributed by atoms with E-state index in [4.69, 9.17) is 10.5 Å². The number of unbranched alkanes of at least 4 members (excludes halogenated alkanes) is 1. The Hall–Kier alpha value is -1.43. The smallest absolute Gasteiger partial charge is 0.222 e. The molecule has 1 saturated heterocycles. The molecule has 0 bridgehead atoms. The number of carbonyl (C=O) groups is 1. The van der Waals surface area contributed by atoms with Crippen LogP contribution in [0.25, 0.3) is 0 Å². The summed E-state index contributed by atoms with van der Waals surface area (Å²) in [6.45, 7) is 2.73. The van der Waals surface area contributed by atoms with Gasteiger partial charge in [-0.05, 0) is 62.5 Å². The number of methoxy groups -OCH3 is 1. The fourth-order valence-corrected chi connectivity index (χ4v) is 6.08.